The van der Waals surface area contributed by atoms with Gasteiger partial charge < -0.3 is 4.74 Å². The lowest BCUT2D eigenvalue weighted by molar-refractivity contribution is -0.160. The first-order valence-electron chi connectivity index (χ1n) is 12.7. The van der Waals surface area contributed by atoms with Gasteiger partial charge in [-0.15, -0.1) is 0 Å². The molecule has 168 valence electrons. The van der Waals surface area contributed by atoms with Gasteiger partial charge in [0, 0.05) is 34.2 Å². The summed E-state index contributed by atoms with van der Waals surface area (Å²) < 4.78 is 6.15. The fourth-order valence-corrected chi connectivity index (χ4v) is 10.4. The third kappa shape index (κ3) is 2.85. The number of ether oxygens (including phenoxy) is 1. The summed E-state index contributed by atoms with van der Waals surface area (Å²) in [5, 5.41) is 1.35. The Hall–Kier alpha value is -1.03. The van der Waals surface area contributed by atoms with E-state index >= 15 is 0 Å². The van der Waals surface area contributed by atoms with Crippen molar-refractivity contribution in [2.75, 3.05) is 0 Å². The molecule has 0 radical (unpaired) electrons. The van der Waals surface area contributed by atoms with Gasteiger partial charge in [0.05, 0.1) is 0 Å². The Morgan fingerprint density at radius 3 is 2.58 bits per heavy atom. The minimum absolute atomic E-state index is 0.0140. The second-order valence-electron chi connectivity index (χ2n) is 11.7. The van der Waals surface area contributed by atoms with Crippen molar-refractivity contribution in [3.05, 3.63) is 23.3 Å². The summed E-state index contributed by atoms with van der Waals surface area (Å²) in [6.07, 6.45) is 17.5. The molecular formula is C27H36O3S. The number of carbonyl (C=O) groups excluding carboxylic acids is 2. The second-order valence-corrected chi connectivity index (χ2v) is 13.2. The molecule has 1 spiro atoms. The zero-order valence-electron chi connectivity index (χ0n) is 19.1. The maximum Gasteiger partial charge on any atom is 0.306 e. The smallest absolute Gasteiger partial charge is 0.306 e. The van der Waals surface area contributed by atoms with Crippen LogP contribution in [0.25, 0.3) is 0 Å². The Morgan fingerprint density at radius 1 is 1.03 bits per heavy atom. The average molecular weight is 441 g/mol. The summed E-state index contributed by atoms with van der Waals surface area (Å²) in [4.78, 5) is 24.5. The molecule has 3 nitrogen and oxygen atoms in total. The van der Waals surface area contributed by atoms with Crippen molar-refractivity contribution in [3.8, 4) is 0 Å². The third-order valence-corrected chi connectivity index (χ3v) is 12.0. The summed E-state index contributed by atoms with van der Waals surface area (Å²) in [5.41, 5.74) is 2.93. The van der Waals surface area contributed by atoms with Crippen molar-refractivity contribution in [1.82, 2.24) is 0 Å². The van der Waals surface area contributed by atoms with E-state index in [1.807, 2.05) is 6.08 Å². The molecule has 3 saturated carbocycles. The molecule has 0 aromatic rings. The molecule has 1 aliphatic heterocycles. The van der Waals surface area contributed by atoms with Crippen LogP contribution in [-0.4, -0.2) is 27.9 Å². The molecule has 4 fully saturated rings. The highest BCUT2D eigenvalue weighted by atomic mass is 32.2. The van der Waals surface area contributed by atoms with E-state index in [4.69, 9.17) is 4.74 Å². The Morgan fingerprint density at radius 2 is 1.84 bits per heavy atom. The first-order chi connectivity index (χ1) is 14.8. The number of rotatable bonds is 2. The van der Waals surface area contributed by atoms with Crippen LogP contribution in [0.15, 0.2) is 23.3 Å². The number of hydrogen-bond acceptors (Lipinski definition) is 4. The van der Waals surface area contributed by atoms with Gasteiger partial charge in [0.1, 0.15) is 5.60 Å². The molecule has 31 heavy (non-hydrogen) atoms. The molecule has 4 heteroatoms. The van der Waals surface area contributed by atoms with Crippen LogP contribution in [0, 0.1) is 22.7 Å². The number of carbonyl (C=O) groups is 2. The van der Waals surface area contributed by atoms with Gasteiger partial charge >= 0.3 is 5.97 Å². The molecule has 1 saturated heterocycles. The van der Waals surface area contributed by atoms with Crippen molar-refractivity contribution >= 4 is 23.5 Å². The first kappa shape index (κ1) is 20.6. The summed E-state index contributed by atoms with van der Waals surface area (Å²) in [7, 11) is 0. The van der Waals surface area contributed by atoms with Crippen molar-refractivity contribution in [1.29, 1.82) is 0 Å². The average Bonchev–Trinajstić information content (AvgIpc) is 3.44. The minimum atomic E-state index is -0.237. The summed E-state index contributed by atoms with van der Waals surface area (Å²) in [6.45, 7) is 4.86. The molecule has 6 atom stereocenters. The third-order valence-electron chi connectivity index (χ3n) is 10.3. The van der Waals surface area contributed by atoms with E-state index in [1.54, 1.807) is 5.57 Å². The van der Waals surface area contributed by atoms with Gasteiger partial charge in [-0.1, -0.05) is 43.9 Å². The molecule has 0 bridgehead atoms. The van der Waals surface area contributed by atoms with Gasteiger partial charge in [0.2, 0.25) is 0 Å². The summed E-state index contributed by atoms with van der Waals surface area (Å²) in [6, 6.07) is 0. The lowest BCUT2D eigenvalue weighted by Crippen LogP contribution is -2.53. The zero-order chi connectivity index (χ0) is 21.4. The van der Waals surface area contributed by atoms with Crippen molar-refractivity contribution in [3.63, 3.8) is 0 Å². The Bertz CT molecular complexity index is 883. The Labute approximate surface area is 190 Å². The predicted molar refractivity (Wildman–Crippen MR) is 124 cm³/mol. The number of esters is 1. The molecule has 3 unspecified atom stereocenters. The maximum atomic E-state index is 12.4. The molecule has 0 aromatic heterocycles. The molecular weight excluding hydrogens is 404 g/mol. The summed E-state index contributed by atoms with van der Waals surface area (Å²) in [5.74, 6) is 1.50. The highest BCUT2D eigenvalue weighted by molar-refractivity contribution is 8.00. The van der Waals surface area contributed by atoms with Crippen LogP contribution in [0.1, 0.15) is 90.9 Å². The first-order valence-corrected chi connectivity index (χ1v) is 13.6. The fraction of sp³-hybridized carbons (Fsp3) is 0.778. The molecule has 1 heterocycles. The fourth-order valence-electron chi connectivity index (χ4n) is 8.49. The van der Waals surface area contributed by atoms with E-state index in [0.29, 0.717) is 35.7 Å². The highest BCUT2D eigenvalue weighted by Crippen LogP contribution is 2.69. The minimum Gasteiger partial charge on any atom is -0.458 e. The molecule has 0 N–H and O–H groups in total. The van der Waals surface area contributed by atoms with Gasteiger partial charge in [0.15, 0.2) is 5.78 Å². The number of hydrogen-bond donors (Lipinski definition) is 0. The topological polar surface area (TPSA) is 43.4 Å². The van der Waals surface area contributed by atoms with E-state index < -0.39 is 0 Å². The van der Waals surface area contributed by atoms with E-state index in [1.165, 1.54) is 37.7 Å². The largest absolute Gasteiger partial charge is 0.458 e. The van der Waals surface area contributed by atoms with Crippen molar-refractivity contribution in [2.45, 2.75) is 107 Å². The quantitative estimate of drug-likeness (QED) is 0.380. The van der Waals surface area contributed by atoms with Gasteiger partial charge in [-0.3, -0.25) is 9.59 Å². The van der Waals surface area contributed by atoms with Crippen LogP contribution >= 0.6 is 11.8 Å². The van der Waals surface area contributed by atoms with Crippen LogP contribution in [-0.2, 0) is 14.3 Å². The molecule has 6 rings (SSSR count). The van der Waals surface area contributed by atoms with Crippen molar-refractivity contribution < 1.29 is 14.3 Å². The standard InChI is InChI=1S/C27H36O3S/c1-25-11-7-18(28)15-17(25)16-22(31-19-5-3-4-6-19)24-20(25)8-12-26(2)21(24)9-13-27(26)14-10-23(29)30-27/h8,15,19,21-22,24H,3-7,9-14,16H2,1-2H3/t21?,22-,24?,25+,26?,27-/m1/s1. The van der Waals surface area contributed by atoms with E-state index in [9.17, 15) is 9.59 Å². The lowest BCUT2D eigenvalue weighted by Gasteiger charge is -2.57. The van der Waals surface area contributed by atoms with E-state index in [2.05, 4.69) is 31.7 Å². The van der Waals surface area contributed by atoms with Crippen LogP contribution < -0.4 is 0 Å². The van der Waals surface area contributed by atoms with Gasteiger partial charge in [-0.2, -0.15) is 11.8 Å². The van der Waals surface area contributed by atoms with Crippen LogP contribution in [0.3, 0.4) is 0 Å². The second kappa shape index (κ2) is 6.98. The molecule has 5 aliphatic carbocycles. The maximum absolute atomic E-state index is 12.4. The van der Waals surface area contributed by atoms with Gasteiger partial charge in [0.25, 0.3) is 0 Å². The number of thioether (sulfide) groups is 1. The Balaban J connectivity index is 1.42. The molecule has 6 aliphatic rings. The van der Waals surface area contributed by atoms with Crippen LogP contribution in [0.4, 0.5) is 0 Å². The predicted octanol–water partition coefficient (Wildman–Crippen LogP) is 6.17. The lowest BCUT2D eigenvalue weighted by atomic mass is 9.50. The number of allylic oxidation sites excluding steroid dienone is 4. The SMILES string of the molecule is CC12CC=C3C(C1CC[C@@]21CCC(=O)O1)[C@H](SC1CCCC1)CC1=CC(=O)CC[C@@]13C. The number of ketones is 1. The molecule has 0 aromatic carbocycles. The van der Waals surface area contributed by atoms with E-state index in [0.717, 1.165) is 37.4 Å². The highest BCUT2D eigenvalue weighted by Gasteiger charge is 2.66. The normalized spacial score (nSPS) is 47.0. The number of fused-ring (bicyclic) bond motifs is 6. The molecule has 0 amide bonds. The van der Waals surface area contributed by atoms with E-state index in [-0.39, 0.29) is 22.4 Å². The van der Waals surface area contributed by atoms with Gasteiger partial charge in [-0.05, 0) is 69.3 Å². The monoisotopic (exact) mass is 440 g/mol. The van der Waals surface area contributed by atoms with Crippen LogP contribution in [0.5, 0.6) is 0 Å². The van der Waals surface area contributed by atoms with Crippen LogP contribution in [0.2, 0.25) is 0 Å². The van der Waals surface area contributed by atoms with Crippen molar-refractivity contribution in [2.24, 2.45) is 22.7 Å². The zero-order valence-corrected chi connectivity index (χ0v) is 19.9. The Kier molecular flexibility index (Phi) is 4.63. The van der Waals surface area contributed by atoms with Gasteiger partial charge in [-0.25, -0.2) is 0 Å². The summed E-state index contributed by atoms with van der Waals surface area (Å²) >= 11 is 2.25.